The highest BCUT2D eigenvalue weighted by Crippen LogP contribution is 2.28. The number of ether oxygens (including phenoxy) is 1. The average Bonchev–Trinajstić information content (AvgIpc) is 2.57. The Morgan fingerprint density at radius 2 is 1.80 bits per heavy atom. The van der Waals surface area contributed by atoms with Crippen LogP contribution in [0.1, 0.15) is 39.4 Å². The van der Waals surface area contributed by atoms with Crippen LogP contribution in [0, 0.1) is 0 Å². The first kappa shape index (κ1) is 19.2. The number of rotatable bonds is 5. The molecule has 0 saturated carbocycles. The Labute approximate surface area is 149 Å². The molecule has 9 heteroatoms. The van der Waals surface area contributed by atoms with E-state index >= 15 is 0 Å². The molecule has 0 amide bonds. The fraction of sp³-hybridized carbons (Fsp3) is 0.562. The van der Waals surface area contributed by atoms with Gasteiger partial charge in [0.25, 0.3) is 5.56 Å². The molecule has 2 aromatic rings. The van der Waals surface area contributed by atoms with Crippen molar-refractivity contribution < 1.29 is 9.53 Å². The number of hydrogen-bond donors (Lipinski definition) is 0. The van der Waals surface area contributed by atoms with Crippen LogP contribution in [0.5, 0.6) is 0 Å². The molecule has 0 radical (unpaired) electrons. The summed E-state index contributed by atoms with van der Waals surface area (Å²) in [5.74, 6) is 0.127. The fourth-order valence-corrected chi connectivity index (χ4v) is 3.21. The van der Waals surface area contributed by atoms with Crippen molar-refractivity contribution in [3.63, 3.8) is 0 Å². The highest BCUT2D eigenvalue weighted by atomic mass is 32.2. The molecule has 0 aliphatic carbocycles. The molecule has 0 saturated heterocycles. The Kier molecular flexibility index (Phi) is 5.66. The van der Waals surface area contributed by atoms with Gasteiger partial charge in [-0.05, 0) is 13.8 Å². The van der Waals surface area contributed by atoms with E-state index in [0.717, 1.165) is 16.3 Å². The molecule has 0 aliphatic rings. The molecule has 2 rings (SSSR count). The maximum absolute atomic E-state index is 12.6. The van der Waals surface area contributed by atoms with Crippen molar-refractivity contribution in [1.29, 1.82) is 0 Å². The lowest BCUT2D eigenvalue weighted by atomic mass is 10.2. The second-order valence-corrected chi connectivity index (χ2v) is 7.29. The van der Waals surface area contributed by atoms with Crippen LogP contribution >= 0.6 is 11.8 Å². The Hall–Kier alpha value is -2.16. The Balaban J connectivity index is 2.75. The summed E-state index contributed by atoms with van der Waals surface area (Å²) in [6.45, 7) is 7.55. The minimum atomic E-state index is -0.542. The van der Waals surface area contributed by atoms with Crippen molar-refractivity contribution in [2.45, 2.75) is 43.9 Å². The molecule has 0 unspecified atom stereocenters. The van der Waals surface area contributed by atoms with E-state index in [9.17, 15) is 14.4 Å². The summed E-state index contributed by atoms with van der Waals surface area (Å²) in [7, 11) is 2.97. The number of carbonyl (C=O) groups is 1. The highest BCUT2D eigenvalue weighted by molar-refractivity contribution is 8.00. The van der Waals surface area contributed by atoms with Crippen LogP contribution in [0.25, 0.3) is 11.0 Å². The highest BCUT2D eigenvalue weighted by Gasteiger charge is 2.23. The number of hydrogen-bond acceptors (Lipinski definition) is 7. The molecule has 0 spiro atoms. The van der Waals surface area contributed by atoms with Gasteiger partial charge in [-0.2, -0.15) is 0 Å². The van der Waals surface area contributed by atoms with E-state index in [1.54, 1.807) is 20.9 Å². The van der Waals surface area contributed by atoms with Crippen molar-refractivity contribution >= 4 is 28.8 Å². The van der Waals surface area contributed by atoms with Crippen molar-refractivity contribution in [3.8, 4) is 0 Å². The third kappa shape index (κ3) is 3.60. The minimum absolute atomic E-state index is 0.000750. The lowest BCUT2D eigenvalue weighted by Gasteiger charge is -2.15. The van der Waals surface area contributed by atoms with Crippen LogP contribution in [0.4, 0.5) is 0 Å². The molecular weight excluding hydrogens is 344 g/mol. The van der Waals surface area contributed by atoms with E-state index < -0.39 is 16.5 Å². The zero-order valence-electron chi connectivity index (χ0n) is 15.2. The first-order valence-electron chi connectivity index (χ1n) is 7.99. The van der Waals surface area contributed by atoms with Gasteiger partial charge >= 0.3 is 11.7 Å². The van der Waals surface area contributed by atoms with E-state index in [0.29, 0.717) is 10.9 Å². The van der Waals surface area contributed by atoms with E-state index in [2.05, 4.69) is 9.97 Å². The minimum Gasteiger partial charge on any atom is -0.465 e. The SMILES string of the molecule is CCOC(=O)[C@@H](C)Sc1nc(C(C)C)nc2c1c(=O)n(C)c(=O)n2C. The topological polar surface area (TPSA) is 96.1 Å². The second kappa shape index (κ2) is 7.38. The normalized spacial score (nSPS) is 12.6. The zero-order chi connectivity index (χ0) is 18.9. The molecule has 2 heterocycles. The molecule has 2 aromatic heterocycles. The molecule has 0 aliphatic heterocycles. The van der Waals surface area contributed by atoms with Gasteiger partial charge < -0.3 is 4.74 Å². The predicted molar refractivity (Wildman–Crippen MR) is 96.1 cm³/mol. The van der Waals surface area contributed by atoms with Crippen LogP contribution in [0.2, 0.25) is 0 Å². The van der Waals surface area contributed by atoms with Gasteiger partial charge in [-0.3, -0.25) is 18.7 Å². The summed E-state index contributed by atoms with van der Waals surface area (Å²) in [4.78, 5) is 45.6. The molecule has 0 fully saturated rings. The number of esters is 1. The van der Waals surface area contributed by atoms with Gasteiger partial charge in [0.1, 0.15) is 21.5 Å². The van der Waals surface area contributed by atoms with Crippen LogP contribution < -0.4 is 11.2 Å². The number of aryl methyl sites for hydroxylation is 1. The molecule has 136 valence electrons. The average molecular weight is 366 g/mol. The van der Waals surface area contributed by atoms with E-state index in [1.807, 2.05) is 13.8 Å². The standard InChI is InChI=1S/C16H22N4O4S/c1-7-24-15(22)9(4)25-13-10-12(17-11(18-13)8(2)3)19(5)16(23)20(6)14(10)21/h8-9H,7H2,1-6H3/t9-/m1/s1. The molecule has 0 aromatic carbocycles. The molecular formula is C16H22N4O4S. The maximum Gasteiger partial charge on any atom is 0.332 e. The third-order valence-electron chi connectivity index (χ3n) is 3.71. The van der Waals surface area contributed by atoms with Crippen LogP contribution in [-0.4, -0.2) is 36.9 Å². The van der Waals surface area contributed by atoms with Crippen LogP contribution in [-0.2, 0) is 23.6 Å². The first-order valence-corrected chi connectivity index (χ1v) is 8.87. The number of thioether (sulfide) groups is 1. The fourth-order valence-electron chi connectivity index (χ4n) is 2.26. The van der Waals surface area contributed by atoms with Crippen molar-refractivity contribution in [2.75, 3.05) is 6.61 Å². The van der Waals surface area contributed by atoms with Crippen molar-refractivity contribution in [2.24, 2.45) is 14.1 Å². The number of aromatic nitrogens is 4. The Bertz CT molecular complexity index is 932. The lowest BCUT2D eigenvalue weighted by Crippen LogP contribution is -2.38. The lowest BCUT2D eigenvalue weighted by molar-refractivity contribution is -0.142. The molecule has 0 bridgehead atoms. The largest absolute Gasteiger partial charge is 0.465 e. The summed E-state index contributed by atoms with van der Waals surface area (Å²) < 4.78 is 7.36. The first-order chi connectivity index (χ1) is 11.7. The summed E-state index contributed by atoms with van der Waals surface area (Å²) in [5, 5.41) is 0.0700. The molecule has 0 N–H and O–H groups in total. The summed E-state index contributed by atoms with van der Waals surface area (Å²) in [5.41, 5.74) is -0.669. The summed E-state index contributed by atoms with van der Waals surface area (Å²) >= 11 is 1.14. The van der Waals surface area contributed by atoms with E-state index in [4.69, 9.17) is 4.74 Å². The van der Waals surface area contributed by atoms with Gasteiger partial charge in [0.2, 0.25) is 0 Å². The second-order valence-electron chi connectivity index (χ2n) is 5.96. The summed E-state index contributed by atoms with van der Waals surface area (Å²) in [6, 6.07) is 0. The van der Waals surface area contributed by atoms with Crippen LogP contribution in [0.3, 0.4) is 0 Å². The monoisotopic (exact) mass is 366 g/mol. The molecule has 1 atom stereocenters. The van der Waals surface area contributed by atoms with E-state index in [1.165, 1.54) is 11.6 Å². The van der Waals surface area contributed by atoms with Gasteiger partial charge in [0.05, 0.1) is 6.61 Å². The zero-order valence-corrected chi connectivity index (χ0v) is 16.0. The van der Waals surface area contributed by atoms with E-state index in [-0.39, 0.29) is 29.5 Å². The Morgan fingerprint density at radius 1 is 1.16 bits per heavy atom. The molecule has 8 nitrogen and oxygen atoms in total. The number of nitrogens with zero attached hydrogens (tertiary/aromatic N) is 4. The van der Waals surface area contributed by atoms with Crippen molar-refractivity contribution in [3.05, 3.63) is 26.7 Å². The third-order valence-corrected chi connectivity index (χ3v) is 4.77. The maximum atomic E-state index is 12.6. The quantitative estimate of drug-likeness (QED) is 0.445. The summed E-state index contributed by atoms with van der Waals surface area (Å²) in [6.07, 6.45) is 0. The van der Waals surface area contributed by atoms with Gasteiger partial charge in [0.15, 0.2) is 5.65 Å². The van der Waals surface area contributed by atoms with Gasteiger partial charge in [0, 0.05) is 20.0 Å². The van der Waals surface area contributed by atoms with Crippen LogP contribution in [0.15, 0.2) is 14.6 Å². The Morgan fingerprint density at radius 3 is 2.36 bits per heavy atom. The number of fused-ring (bicyclic) bond motifs is 1. The smallest absolute Gasteiger partial charge is 0.332 e. The predicted octanol–water partition coefficient (Wildman–Crippen LogP) is 1.19. The molecule has 25 heavy (non-hydrogen) atoms. The van der Waals surface area contributed by atoms with Gasteiger partial charge in [-0.25, -0.2) is 14.8 Å². The number of carbonyl (C=O) groups excluding carboxylic acids is 1. The van der Waals surface area contributed by atoms with Gasteiger partial charge in [-0.1, -0.05) is 25.6 Å². The van der Waals surface area contributed by atoms with Gasteiger partial charge in [-0.15, -0.1) is 0 Å². The van der Waals surface area contributed by atoms with Crippen molar-refractivity contribution in [1.82, 2.24) is 19.1 Å².